The minimum absolute atomic E-state index is 0.145. The molecule has 1 atom stereocenters. The summed E-state index contributed by atoms with van der Waals surface area (Å²) < 4.78 is 0. The number of hydrogen-bond donors (Lipinski definition) is 2. The Morgan fingerprint density at radius 1 is 1.27 bits per heavy atom. The predicted molar refractivity (Wildman–Crippen MR) is 62.5 cm³/mol. The number of carbonyl (C=O) groups is 1. The van der Waals surface area contributed by atoms with E-state index < -0.39 is 6.04 Å². The van der Waals surface area contributed by atoms with E-state index in [0.29, 0.717) is 0 Å². The van der Waals surface area contributed by atoms with Gasteiger partial charge in [0.15, 0.2) is 0 Å². The highest BCUT2D eigenvalue weighted by molar-refractivity contribution is 5.95. The van der Waals surface area contributed by atoms with Crippen molar-refractivity contribution in [1.82, 2.24) is 0 Å². The molecule has 0 heterocycles. The summed E-state index contributed by atoms with van der Waals surface area (Å²) in [5, 5.41) is 2.78. The average molecular weight is 206 g/mol. The maximum absolute atomic E-state index is 11.7. The first-order valence-electron chi connectivity index (χ1n) is 5.03. The van der Waals surface area contributed by atoms with Crippen molar-refractivity contribution in [3.63, 3.8) is 0 Å². The molecule has 1 amide bonds. The summed E-state index contributed by atoms with van der Waals surface area (Å²) in [7, 11) is 0. The number of nitrogens with two attached hydrogens (primary N) is 1. The Labute approximate surface area is 90.7 Å². The molecule has 82 valence electrons. The molecule has 0 fully saturated rings. The maximum Gasteiger partial charge on any atom is 0.241 e. The second-order valence-electron chi connectivity index (χ2n) is 4.70. The molecular weight excluding hydrogens is 188 g/mol. The van der Waals surface area contributed by atoms with E-state index in [9.17, 15) is 4.79 Å². The van der Waals surface area contributed by atoms with Crippen LogP contribution in [-0.4, -0.2) is 11.9 Å². The maximum atomic E-state index is 11.7. The third kappa shape index (κ3) is 3.36. The largest absolute Gasteiger partial charge is 0.325 e. The Bertz CT molecular complexity index is 327. The monoisotopic (exact) mass is 206 g/mol. The van der Waals surface area contributed by atoms with Gasteiger partial charge in [-0.25, -0.2) is 0 Å². The number of anilines is 1. The SMILES string of the molecule is CC(C)(C)[C@H](N)C(=O)Nc1ccccc1. The fourth-order valence-electron chi connectivity index (χ4n) is 1.13. The van der Waals surface area contributed by atoms with Gasteiger partial charge in [0.05, 0.1) is 6.04 Å². The first-order chi connectivity index (χ1) is 6.91. The van der Waals surface area contributed by atoms with E-state index in [1.54, 1.807) is 0 Å². The molecule has 1 aromatic carbocycles. The number of rotatable bonds is 2. The standard InChI is InChI=1S/C12H18N2O/c1-12(2,3)10(13)11(15)14-9-7-5-4-6-8-9/h4-8,10H,13H2,1-3H3,(H,14,15)/t10-/m1/s1. The van der Waals surface area contributed by atoms with Crippen molar-refractivity contribution < 1.29 is 4.79 Å². The molecule has 3 heteroatoms. The van der Waals surface area contributed by atoms with Gasteiger partial charge < -0.3 is 11.1 Å². The molecule has 15 heavy (non-hydrogen) atoms. The summed E-state index contributed by atoms with van der Waals surface area (Å²) in [6.45, 7) is 5.84. The van der Waals surface area contributed by atoms with Gasteiger partial charge >= 0.3 is 0 Å². The number of carbonyl (C=O) groups excluding carboxylic acids is 1. The second-order valence-corrected chi connectivity index (χ2v) is 4.70. The van der Waals surface area contributed by atoms with E-state index in [0.717, 1.165) is 5.69 Å². The van der Waals surface area contributed by atoms with Crippen LogP contribution in [0.4, 0.5) is 5.69 Å². The summed E-state index contributed by atoms with van der Waals surface area (Å²) >= 11 is 0. The highest BCUT2D eigenvalue weighted by Gasteiger charge is 2.27. The first kappa shape index (κ1) is 11.7. The third-order valence-corrected chi connectivity index (χ3v) is 2.26. The van der Waals surface area contributed by atoms with Crippen molar-refractivity contribution in [2.45, 2.75) is 26.8 Å². The lowest BCUT2D eigenvalue weighted by Crippen LogP contribution is -2.45. The zero-order valence-electron chi connectivity index (χ0n) is 9.45. The fourth-order valence-corrected chi connectivity index (χ4v) is 1.13. The summed E-state index contributed by atoms with van der Waals surface area (Å²) in [6.07, 6.45) is 0. The summed E-state index contributed by atoms with van der Waals surface area (Å²) in [6, 6.07) is 8.83. The van der Waals surface area contributed by atoms with E-state index in [1.165, 1.54) is 0 Å². The molecule has 0 saturated carbocycles. The number of benzene rings is 1. The van der Waals surface area contributed by atoms with Crippen molar-refractivity contribution in [2.75, 3.05) is 5.32 Å². The van der Waals surface area contributed by atoms with Crippen LogP contribution in [0.1, 0.15) is 20.8 Å². The first-order valence-corrected chi connectivity index (χ1v) is 5.03. The van der Waals surface area contributed by atoms with Crippen molar-refractivity contribution in [1.29, 1.82) is 0 Å². The molecular formula is C12H18N2O. The number of para-hydroxylation sites is 1. The van der Waals surface area contributed by atoms with E-state index in [-0.39, 0.29) is 11.3 Å². The van der Waals surface area contributed by atoms with Gasteiger partial charge in [-0.3, -0.25) is 4.79 Å². The van der Waals surface area contributed by atoms with Crippen LogP contribution in [0.25, 0.3) is 0 Å². The van der Waals surface area contributed by atoms with Gasteiger partial charge in [-0.1, -0.05) is 39.0 Å². The van der Waals surface area contributed by atoms with Crippen LogP contribution in [0, 0.1) is 5.41 Å². The lowest BCUT2D eigenvalue weighted by Gasteiger charge is -2.25. The third-order valence-electron chi connectivity index (χ3n) is 2.26. The van der Waals surface area contributed by atoms with Crippen LogP contribution in [-0.2, 0) is 4.79 Å². The minimum Gasteiger partial charge on any atom is -0.325 e. The summed E-state index contributed by atoms with van der Waals surface area (Å²) in [5.41, 5.74) is 6.39. The molecule has 0 saturated heterocycles. The molecule has 0 unspecified atom stereocenters. The van der Waals surface area contributed by atoms with Crippen LogP contribution in [0.3, 0.4) is 0 Å². The van der Waals surface area contributed by atoms with Gasteiger partial charge in [0, 0.05) is 5.69 Å². The zero-order valence-corrected chi connectivity index (χ0v) is 9.45. The van der Waals surface area contributed by atoms with Crippen molar-refractivity contribution in [3.8, 4) is 0 Å². The van der Waals surface area contributed by atoms with Crippen molar-refractivity contribution in [3.05, 3.63) is 30.3 Å². The highest BCUT2D eigenvalue weighted by atomic mass is 16.2. The Morgan fingerprint density at radius 3 is 2.27 bits per heavy atom. The molecule has 0 spiro atoms. The van der Waals surface area contributed by atoms with Crippen molar-refractivity contribution in [2.24, 2.45) is 11.1 Å². The Hall–Kier alpha value is -1.35. The smallest absolute Gasteiger partial charge is 0.241 e. The molecule has 3 nitrogen and oxygen atoms in total. The number of amides is 1. The fraction of sp³-hybridized carbons (Fsp3) is 0.417. The minimum atomic E-state index is -0.502. The highest BCUT2D eigenvalue weighted by Crippen LogP contribution is 2.18. The Kier molecular flexibility index (Phi) is 3.48. The molecule has 0 radical (unpaired) electrons. The van der Waals surface area contributed by atoms with Crippen LogP contribution < -0.4 is 11.1 Å². The molecule has 3 N–H and O–H groups in total. The van der Waals surface area contributed by atoms with Gasteiger partial charge in [0.1, 0.15) is 0 Å². The van der Waals surface area contributed by atoms with Gasteiger partial charge in [-0.2, -0.15) is 0 Å². The van der Waals surface area contributed by atoms with Gasteiger partial charge in [-0.05, 0) is 17.5 Å². The summed E-state index contributed by atoms with van der Waals surface area (Å²) in [4.78, 5) is 11.7. The normalized spacial score (nSPS) is 13.3. The molecule has 0 aromatic heterocycles. The second kappa shape index (κ2) is 4.45. The zero-order chi connectivity index (χ0) is 11.5. The van der Waals surface area contributed by atoms with Gasteiger partial charge in [-0.15, -0.1) is 0 Å². The lowest BCUT2D eigenvalue weighted by molar-refractivity contribution is -0.119. The van der Waals surface area contributed by atoms with Crippen LogP contribution in [0.5, 0.6) is 0 Å². The van der Waals surface area contributed by atoms with Crippen LogP contribution >= 0.6 is 0 Å². The van der Waals surface area contributed by atoms with Crippen LogP contribution in [0.15, 0.2) is 30.3 Å². The van der Waals surface area contributed by atoms with Gasteiger partial charge in [0.2, 0.25) is 5.91 Å². The number of hydrogen-bond acceptors (Lipinski definition) is 2. The Morgan fingerprint density at radius 2 is 1.80 bits per heavy atom. The average Bonchev–Trinajstić information content (AvgIpc) is 2.16. The van der Waals surface area contributed by atoms with E-state index >= 15 is 0 Å². The molecule has 0 aliphatic rings. The van der Waals surface area contributed by atoms with Crippen LogP contribution in [0.2, 0.25) is 0 Å². The molecule has 1 rings (SSSR count). The molecule has 0 bridgehead atoms. The molecule has 1 aromatic rings. The van der Waals surface area contributed by atoms with Gasteiger partial charge in [0.25, 0.3) is 0 Å². The van der Waals surface area contributed by atoms with E-state index in [2.05, 4.69) is 5.32 Å². The van der Waals surface area contributed by atoms with Crippen molar-refractivity contribution >= 4 is 11.6 Å². The topological polar surface area (TPSA) is 55.1 Å². The van der Waals surface area contributed by atoms with E-state index in [1.807, 2.05) is 51.1 Å². The number of nitrogens with one attached hydrogen (secondary N) is 1. The quantitative estimate of drug-likeness (QED) is 0.777. The lowest BCUT2D eigenvalue weighted by atomic mass is 9.87. The molecule has 0 aliphatic heterocycles. The van der Waals surface area contributed by atoms with E-state index in [4.69, 9.17) is 5.73 Å². The summed E-state index contributed by atoms with van der Waals surface area (Å²) in [5.74, 6) is -0.145. The molecule has 0 aliphatic carbocycles. The predicted octanol–water partition coefficient (Wildman–Crippen LogP) is 2.00. The Balaban J connectivity index is 2.65.